The maximum atomic E-state index is 12.6. The number of hydrogen-bond donors (Lipinski definition) is 0. The third-order valence-electron chi connectivity index (χ3n) is 2.12. The van der Waals surface area contributed by atoms with Crippen molar-refractivity contribution in [2.24, 2.45) is 0 Å². The fourth-order valence-corrected chi connectivity index (χ4v) is 1.35. The molecule has 2 aromatic rings. The molecule has 0 N–H and O–H groups in total. The molecule has 0 spiro atoms. The van der Waals surface area contributed by atoms with Gasteiger partial charge in [0.2, 0.25) is 5.88 Å². The van der Waals surface area contributed by atoms with E-state index in [1.807, 2.05) is 0 Å². The zero-order chi connectivity index (χ0) is 12.5. The van der Waals surface area contributed by atoms with E-state index in [-0.39, 0.29) is 21.1 Å². The predicted molar refractivity (Wildman–Crippen MR) is 54.0 cm³/mol. The van der Waals surface area contributed by atoms with Crippen LogP contribution in [0.1, 0.15) is 5.56 Å². The second-order valence-corrected chi connectivity index (χ2v) is 3.24. The number of aromatic nitrogens is 2. The predicted octanol–water partition coefficient (Wildman–Crippen LogP) is 2.70. The fraction of sp³-hybridized carbons (Fsp3) is 0.182. The van der Waals surface area contributed by atoms with Gasteiger partial charge in [0, 0.05) is 27.3 Å². The summed E-state index contributed by atoms with van der Waals surface area (Å²) >= 11 is 0. The van der Waals surface area contributed by atoms with E-state index in [9.17, 15) is 13.2 Å². The summed E-state index contributed by atoms with van der Waals surface area (Å²) in [7, 11) is 1.15. The summed E-state index contributed by atoms with van der Waals surface area (Å²) in [5, 5.41) is 3.71. The van der Waals surface area contributed by atoms with Crippen molar-refractivity contribution in [3.8, 4) is 11.6 Å². The van der Waals surface area contributed by atoms with E-state index in [0.29, 0.717) is 5.69 Å². The van der Waals surface area contributed by atoms with E-state index in [4.69, 9.17) is 0 Å². The Morgan fingerprint density at radius 2 is 2.06 bits per heavy atom. The Morgan fingerprint density at radius 3 is 2.50 bits per heavy atom. The number of nitrogens with zero attached hydrogens (tertiary/aromatic N) is 2. The van der Waals surface area contributed by atoms with Gasteiger partial charge in [-0.2, -0.15) is 37.4 Å². The van der Waals surface area contributed by atoms with E-state index in [1.54, 1.807) is 24.3 Å². The van der Waals surface area contributed by atoms with Crippen molar-refractivity contribution in [1.82, 2.24) is 9.78 Å². The molecule has 0 amide bonds. The molecule has 0 saturated carbocycles. The maximum Gasteiger partial charge on any atom is 0.423 e. The van der Waals surface area contributed by atoms with Gasteiger partial charge in [-0.05, 0) is 5.69 Å². The van der Waals surface area contributed by atoms with Crippen LogP contribution in [0.3, 0.4) is 0 Å². The third-order valence-corrected chi connectivity index (χ3v) is 2.12. The van der Waals surface area contributed by atoms with Crippen molar-refractivity contribution in [2.45, 2.75) is 6.18 Å². The second kappa shape index (κ2) is 5.57. The second-order valence-electron chi connectivity index (χ2n) is 3.24. The molecule has 0 aliphatic rings. The molecule has 1 aromatic heterocycles. The molecule has 0 bridgehead atoms. The van der Waals surface area contributed by atoms with Gasteiger partial charge in [0.15, 0.2) is 0 Å². The van der Waals surface area contributed by atoms with Crippen molar-refractivity contribution < 1.29 is 39.0 Å². The summed E-state index contributed by atoms with van der Waals surface area (Å²) in [6.07, 6.45) is -3.61. The van der Waals surface area contributed by atoms with Crippen LogP contribution in [-0.4, -0.2) is 16.9 Å². The minimum atomic E-state index is -4.49. The van der Waals surface area contributed by atoms with Crippen LogP contribution < -0.4 is 4.74 Å². The average molecular weight is 436 g/mol. The molecule has 2 rings (SSSR count). The quantitative estimate of drug-likeness (QED) is 0.678. The van der Waals surface area contributed by atoms with Crippen LogP contribution in [0, 0.1) is 6.07 Å². The van der Waals surface area contributed by atoms with Crippen molar-refractivity contribution in [3.05, 3.63) is 42.1 Å². The Morgan fingerprint density at radius 1 is 1.33 bits per heavy atom. The van der Waals surface area contributed by atoms with E-state index in [1.165, 1.54) is 0 Å². The first kappa shape index (κ1) is 14.8. The third kappa shape index (κ3) is 2.93. The van der Waals surface area contributed by atoms with Gasteiger partial charge in [0.1, 0.15) is 5.56 Å². The minimum absolute atomic E-state index is 0. The minimum Gasteiger partial charge on any atom is -0.479 e. The summed E-state index contributed by atoms with van der Waals surface area (Å²) in [4.78, 5) is 0. The van der Waals surface area contributed by atoms with Gasteiger partial charge in [0.05, 0.1) is 7.11 Å². The van der Waals surface area contributed by atoms with Gasteiger partial charge in [0.25, 0.3) is 0 Å². The van der Waals surface area contributed by atoms with E-state index >= 15 is 0 Å². The summed E-state index contributed by atoms with van der Waals surface area (Å²) in [5.74, 6) is -0.449. The first-order valence-corrected chi connectivity index (χ1v) is 4.70. The molecule has 0 atom stereocenters. The molecule has 1 heterocycles. The maximum absolute atomic E-state index is 12.6. The molecule has 3 nitrogen and oxygen atoms in total. The van der Waals surface area contributed by atoms with Crippen LogP contribution in [0.2, 0.25) is 0 Å². The van der Waals surface area contributed by atoms with Crippen molar-refractivity contribution >= 4 is 0 Å². The SMILES string of the molecule is COc1nn(-c2[c-]cccc2)cc1C(F)(F)F.[Pt]. The van der Waals surface area contributed by atoms with Crippen LogP contribution in [-0.2, 0) is 27.2 Å². The van der Waals surface area contributed by atoms with Gasteiger partial charge in [-0.25, -0.2) is 0 Å². The molecule has 0 aliphatic heterocycles. The zero-order valence-electron chi connectivity index (χ0n) is 9.14. The Labute approximate surface area is 116 Å². The van der Waals surface area contributed by atoms with Gasteiger partial charge in [-0.3, -0.25) is 4.68 Å². The van der Waals surface area contributed by atoms with Crippen molar-refractivity contribution in [3.63, 3.8) is 0 Å². The number of methoxy groups -OCH3 is 1. The van der Waals surface area contributed by atoms with Crippen LogP contribution in [0.5, 0.6) is 5.88 Å². The largest absolute Gasteiger partial charge is 0.479 e. The molecule has 0 aliphatic carbocycles. The topological polar surface area (TPSA) is 27.1 Å². The number of benzene rings is 1. The van der Waals surface area contributed by atoms with Crippen LogP contribution in [0.25, 0.3) is 5.69 Å². The average Bonchev–Trinajstić information content (AvgIpc) is 2.74. The van der Waals surface area contributed by atoms with Crippen LogP contribution in [0.4, 0.5) is 13.2 Å². The molecule has 18 heavy (non-hydrogen) atoms. The number of halogens is 3. The molecule has 0 radical (unpaired) electrons. The van der Waals surface area contributed by atoms with Crippen LogP contribution in [0.15, 0.2) is 30.5 Å². The smallest absolute Gasteiger partial charge is 0.423 e. The number of ether oxygens (including phenoxy) is 1. The van der Waals surface area contributed by atoms with Gasteiger partial charge in [-0.1, -0.05) is 0 Å². The Kier molecular flexibility index (Phi) is 4.57. The summed E-state index contributed by atoms with van der Waals surface area (Å²) in [6, 6.07) is 9.38. The first-order chi connectivity index (χ1) is 8.02. The number of rotatable bonds is 2. The van der Waals surface area contributed by atoms with Crippen LogP contribution >= 0.6 is 0 Å². The Bertz CT molecular complexity index is 511. The molecule has 0 saturated heterocycles. The monoisotopic (exact) mass is 436 g/mol. The molecule has 100 valence electrons. The number of hydrogen-bond acceptors (Lipinski definition) is 2. The zero-order valence-corrected chi connectivity index (χ0v) is 11.4. The summed E-state index contributed by atoms with van der Waals surface area (Å²) in [6.45, 7) is 0. The van der Waals surface area contributed by atoms with Gasteiger partial charge >= 0.3 is 6.18 Å². The van der Waals surface area contributed by atoms with Gasteiger partial charge < -0.3 is 4.74 Å². The fourth-order valence-electron chi connectivity index (χ4n) is 1.35. The standard InChI is InChI=1S/C11H8F3N2O.Pt/c1-17-10-9(11(12,13)14)7-16(15-10)8-5-3-2-4-6-8;/h2-5,7H,1H3;/q-1;. The van der Waals surface area contributed by atoms with Crippen molar-refractivity contribution in [1.29, 1.82) is 0 Å². The molecular formula is C11H8F3N2OPt-. The number of para-hydroxylation sites is 1. The van der Waals surface area contributed by atoms with Gasteiger partial charge in [-0.15, -0.1) is 11.2 Å². The molecule has 0 unspecified atom stereocenters. The molecule has 7 heteroatoms. The van der Waals surface area contributed by atoms with E-state index in [0.717, 1.165) is 18.0 Å². The van der Waals surface area contributed by atoms with Crippen molar-refractivity contribution in [2.75, 3.05) is 7.11 Å². The summed E-state index contributed by atoms with van der Waals surface area (Å²) < 4.78 is 43.6. The van der Waals surface area contributed by atoms with E-state index in [2.05, 4.69) is 15.9 Å². The van der Waals surface area contributed by atoms with E-state index < -0.39 is 17.6 Å². The number of alkyl halides is 3. The Hall–Kier alpha value is -1.29. The molecular weight excluding hydrogens is 428 g/mol. The first-order valence-electron chi connectivity index (χ1n) is 4.70. The summed E-state index contributed by atoms with van der Waals surface area (Å²) in [5.41, 5.74) is -0.487. The Balaban J connectivity index is 0.00000162. The molecule has 1 aromatic carbocycles. The molecule has 0 fully saturated rings. The normalized spacial score (nSPS) is 10.9.